The van der Waals surface area contributed by atoms with E-state index in [9.17, 15) is 9.90 Å². The third-order valence-electron chi connectivity index (χ3n) is 3.41. The molecule has 1 saturated heterocycles. The first kappa shape index (κ1) is 12.5. The molecular weight excluding hydrogens is 192 g/mol. The Morgan fingerprint density at radius 2 is 2.13 bits per heavy atom. The molecule has 88 valence electrons. The summed E-state index contributed by atoms with van der Waals surface area (Å²) in [5.41, 5.74) is 5.70. The second-order valence-corrected chi connectivity index (χ2v) is 4.77. The number of nitrogens with two attached hydrogens (primary N) is 1. The van der Waals surface area contributed by atoms with Crippen molar-refractivity contribution in [3.63, 3.8) is 0 Å². The highest BCUT2D eigenvalue weighted by molar-refractivity contribution is 5.79. The van der Waals surface area contributed by atoms with Crippen LogP contribution in [0.15, 0.2) is 0 Å². The number of piperidine rings is 1. The number of hydrogen-bond acceptors (Lipinski definition) is 3. The van der Waals surface area contributed by atoms with Gasteiger partial charge in [-0.05, 0) is 19.3 Å². The zero-order chi connectivity index (χ0) is 11.6. The Balaban J connectivity index is 2.54. The average molecular weight is 214 g/mol. The van der Waals surface area contributed by atoms with Gasteiger partial charge in [0.2, 0.25) is 5.91 Å². The van der Waals surface area contributed by atoms with E-state index in [2.05, 4.69) is 0 Å². The lowest BCUT2D eigenvalue weighted by Gasteiger charge is -2.36. The normalized spacial score (nSPS) is 31.1. The van der Waals surface area contributed by atoms with Crippen molar-refractivity contribution in [3.8, 4) is 0 Å². The predicted octanol–water partition coefficient (Wildman–Crippen LogP) is 0.199. The molecule has 1 aliphatic rings. The zero-order valence-electron chi connectivity index (χ0n) is 9.81. The molecular formula is C11H22N2O2. The maximum Gasteiger partial charge on any atom is 0.227 e. The summed E-state index contributed by atoms with van der Waals surface area (Å²) >= 11 is 0. The van der Waals surface area contributed by atoms with Crippen molar-refractivity contribution in [1.82, 2.24) is 4.90 Å². The number of carbonyl (C=O) groups is 1. The van der Waals surface area contributed by atoms with Gasteiger partial charge in [0, 0.05) is 19.1 Å². The summed E-state index contributed by atoms with van der Waals surface area (Å²) in [4.78, 5) is 13.7. The predicted molar refractivity (Wildman–Crippen MR) is 59.2 cm³/mol. The largest absolute Gasteiger partial charge is 0.391 e. The molecule has 0 aliphatic carbocycles. The second kappa shape index (κ2) is 4.94. The van der Waals surface area contributed by atoms with Crippen LogP contribution in [0.3, 0.4) is 0 Å². The van der Waals surface area contributed by atoms with Crippen molar-refractivity contribution >= 4 is 5.91 Å². The number of likely N-dealkylation sites (tertiary alicyclic amines) is 1. The van der Waals surface area contributed by atoms with E-state index in [1.54, 1.807) is 4.90 Å². The quantitative estimate of drug-likeness (QED) is 0.690. The van der Waals surface area contributed by atoms with Gasteiger partial charge in [-0.1, -0.05) is 13.8 Å². The van der Waals surface area contributed by atoms with Gasteiger partial charge in [0.05, 0.1) is 12.0 Å². The number of β-amino-alcohol motifs (C(OH)–C–C–N with tert-alkyl or cyclic N) is 1. The van der Waals surface area contributed by atoms with Gasteiger partial charge in [-0.25, -0.2) is 0 Å². The van der Waals surface area contributed by atoms with E-state index >= 15 is 0 Å². The number of rotatable bonds is 2. The third kappa shape index (κ3) is 2.92. The minimum Gasteiger partial charge on any atom is -0.391 e. The monoisotopic (exact) mass is 214 g/mol. The van der Waals surface area contributed by atoms with E-state index in [1.165, 1.54) is 0 Å². The maximum absolute atomic E-state index is 11.9. The maximum atomic E-state index is 11.9. The average Bonchev–Trinajstić information content (AvgIpc) is 2.19. The summed E-state index contributed by atoms with van der Waals surface area (Å²) < 4.78 is 0. The summed E-state index contributed by atoms with van der Waals surface area (Å²) in [6.07, 6.45) is 0.487. The van der Waals surface area contributed by atoms with Crippen LogP contribution in [0.2, 0.25) is 0 Å². The molecule has 0 aromatic carbocycles. The van der Waals surface area contributed by atoms with Gasteiger partial charge in [0.1, 0.15) is 0 Å². The first-order chi connectivity index (χ1) is 6.93. The molecule has 0 aromatic rings. The number of nitrogens with zero attached hydrogens (tertiary/aromatic N) is 1. The van der Waals surface area contributed by atoms with Gasteiger partial charge < -0.3 is 15.7 Å². The van der Waals surface area contributed by atoms with Crippen LogP contribution < -0.4 is 5.73 Å². The summed E-state index contributed by atoms with van der Waals surface area (Å²) in [6.45, 7) is 6.90. The molecule has 3 N–H and O–H groups in total. The number of aliphatic hydroxyl groups excluding tert-OH is 1. The Morgan fingerprint density at radius 3 is 2.60 bits per heavy atom. The van der Waals surface area contributed by atoms with Crippen LogP contribution in [0.25, 0.3) is 0 Å². The van der Waals surface area contributed by atoms with Gasteiger partial charge >= 0.3 is 0 Å². The lowest BCUT2D eigenvalue weighted by molar-refractivity contribution is -0.139. The van der Waals surface area contributed by atoms with Crippen LogP contribution in [-0.2, 0) is 4.79 Å². The van der Waals surface area contributed by atoms with Crippen molar-refractivity contribution in [2.75, 3.05) is 13.1 Å². The molecule has 0 spiro atoms. The van der Waals surface area contributed by atoms with Gasteiger partial charge in [-0.15, -0.1) is 0 Å². The Kier molecular flexibility index (Phi) is 4.11. The standard InChI is InChI=1S/C11H22N2O2/c1-7-4-5-13(6-10(7)14)11(15)8(2)9(3)12/h7-10,14H,4-6,12H2,1-3H3. The summed E-state index contributed by atoms with van der Waals surface area (Å²) in [6, 6.07) is -0.131. The fourth-order valence-corrected chi connectivity index (χ4v) is 1.76. The van der Waals surface area contributed by atoms with E-state index < -0.39 is 0 Å². The van der Waals surface area contributed by atoms with Gasteiger partial charge in [0.25, 0.3) is 0 Å². The fraction of sp³-hybridized carbons (Fsp3) is 0.909. The molecule has 1 heterocycles. The Labute approximate surface area is 91.4 Å². The third-order valence-corrected chi connectivity index (χ3v) is 3.41. The minimum absolute atomic E-state index is 0.0657. The molecule has 15 heavy (non-hydrogen) atoms. The van der Waals surface area contributed by atoms with Crippen LogP contribution in [0.4, 0.5) is 0 Å². The van der Waals surface area contributed by atoms with E-state index in [-0.39, 0.29) is 24.0 Å². The molecule has 1 fully saturated rings. The Hall–Kier alpha value is -0.610. The summed E-state index contributed by atoms with van der Waals surface area (Å²) in [5, 5.41) is 9.69. The first-order valence-electron chi connectivity index (χ1n) is 5.66. The van der Waals surface area contributed by atoms with Crippen LogP contribution >= 0.6 is 0 Å². The lowest BCUT2D eigenvalue weighted by Crippen LogP contribution is -2.49. The van der Waals surface area contributed by atoms with E-state index in [1.807, 2.05) is 20.8 Å². The van der Waals surface area contributed by atoms with Crippen molar-refractivity contribution in [2.24, 2.45) is 17.6 Å². The van der Waals surface area contributed by atoms with Gasteiger partial charge in [-0.2, -0.15) is 0 Å². The molecule has 4 unspecified atom stereocenters. The highest BCUT2D eigenvalue weighted by Gasteiger charge is 2.30. The summed E-state index contributed by atoms with van der Waals surface area (Å²) in [7, 11) is 0. The van der Waals surface area contributed by atoms with E-state index in [0.717, 1.165) is 13.0 Å². The molecule has 1 rings (SSSR count). The molecule has 4 atom stereocenters. The number of aliphatic hydroxyl groups is 1. The van der Waals surface area contributed by atoms with Crippen LogP contribution in [0, 0.1) is 11.8 Å². The fourth-order valence-electron chi connectivity index (χ4n) is 1.76. The molecule has 0 saturated carbocycles. The SMILES string of the molecule is CC(N)C(C)C(=O)N1CCC(C)C(O)C1. The molecule has 1 aliphatic heterocycles. The lowest BCUT2D eigenvalue weighted by atomic mass is 9.94. The van der Waals surface area contributed by atoms with Crippen LogP contribution in [0.1, 0.15) is 27.2 Å². The highest BCUT2D eigenvalue weighted by atomic mass is 16.3. The first-order valence-corrected chi connectivity index (χ1v) is 5.66. The molecule has 0 radical (unpaired) electrons. The zero-order valence-corrected chi connectivity index (χ0v) is 9.81. The topological polar surface area (TPSA) is 66.6 Å². The van der Waals surface area contributed by atoms with Gasteiger partial charge in [0.15, 0.2) is 0 Å². The Morgan fingerprint density at radius 1 is 1.53 bits per heavy atom. The van der Waals surface area contributed by atoms with Crippen molar-refractivity contribution in [1.29, 1.82) is 0 Å². The van der Waals surface area contributed by atoms with Gasteiger partial charge in [-0.3, -0.25) is 4.79 Å². The summed E-state index contributed by atoms with van der Waals surface area (Å²) in [5.74, 6) is 0.196. The van der Waals surface area contributed by atoms with Crippen molar-refractivity contribution < 1.29 is 9.90 Å². The van der Waals surface area contributed by atoms with Crippen molar-refractivity contribution in [2.45, 2.75) is 39.3 Å². The molecule has 4 heteroatoms. The minimum atomic E-state index is -0.386. The number of hydrogen-bond donors (Lipinski definition) is 2. The second-order valence-electron chi connectivity index (χ2n) is 4.77. The molecule has 4 nitrogen and oxygen atoms in total. The van der Waals surface area contributed by atoms with E-state index in [4.69, 9.17) is 5.73 Å². The molecule has 0 aromatic heterocycles. The van der Waals surface area contributed by atoms with Crippen LogP contribution in [-0.4, -0.2) is 41.1 Å². The highest BCUT2D eigenvalue weighted by Crippen LogP contribution is 2.19. The van der Waals surface area contributed by atoms with Crippen molar-refractivity contribution in [3.05, 3.63) is 0 Å². The molecule has 1 amide bonds. The number of amides is 1. The molecule has 0 bridgehead atoms. The van der Waals surface area contributed by atoms with Crippen LogP contribution in [0.5, 0.6) is 0 Å². The smallest absolute Gasteiger partial charge is 0.227 e. The number of carbonyl (C=O) groups excluding carboxylic acids is 1. The Bertz CT molecular complexity index is 231. The van der Waals surface area contributed by atoms with E-state index in [0.29, 0.717) is 12.5 Å².